The molecular formula is C29H38N4O10. The van der Waals surface area contributed by atoms with E-state index in [1.54, 1.807) is 18.2 Å². The van der Waals surface area contributed by atoms with Crippen molar-refractivity contribution in [1.82, 2.24) is 10.3 Å². The molecule has 0 saturated carbocycles. The van der Waals surface area contributed by atoms with Crippen LogP contribution in [0.1, 0.15) is 35.2 Å². The van der Waals surface area contributed by atoms with Crippen molar-refractivity contribution in [1.29, 1.82) is 0 Å². The van der Waals surface area contributed by atoms with E-state index in [1.165, 1.54) is 19.2 Å². The third-order valence-electron chi connectivity index (χ3n) is 6.53. The minimum Gasteiger partial charge on any atom is -0.465 e. The van der Waals surface area contributed by atoms with Crippen LogP contribution in [0.25, 0.3) is 0 Å². The SMILES string of the molecule is CCO[C@H]1OC(C(=O)NCCNc2ccc([N+](=O)[O-])cn2)=C[C@@H](c2ccc(C(=O)OC)cc2)[C@H]1CCOCCOCCO. The average Bonchev–Trinajstić information content (AvgIpc) is 3.03. The Morgan fingerprint density at radius 1 is 1.07 bits per heavy atom. The van der Waals surface area contributed by atoms with Crippen molar-refractivity contribution in [3.05, 3.63) is 75.7 Å². The molecule has 1 amide bonds. The highest BCUT2D eigenvalue weighted by Crippen LogP contribution is 2.39. The normalized spacial score (nSPS) is 17.8. The maximum Gasteiger partial charge on any atom is 0.337 e. The second-order valence-electron chi connectivity index (χ2n) is 9.35. The van der Waals surface area contributed by atoms with Crippen molar-refractivity contribution in [2.75, 3.05) is 65.2 Å². The topological polar surface area (TPSA) is 181 Å². The minimum atomic E-state index is -0.738. The minimum absolute atomic E-state index is 0.0539. The molecule has 0 radical (unpaired) electrons. The van der Waals surface area contributed by atoms with Crippen molar-refractivity contribution in [2.24, 2.45) is 5.92 Å². The average molecular weight is 603 g/mol. The smallest absolute Gasteiger partial charge is 0.337 e. The van der Waals surface area contributed by atoms with Gasteiger partial charge in [-0.3, -0.25) is 14.9 Å². The summed E-state index contributed by atoms with van der Waals surface area (Å²) >= 11 is 0. The number of aliphatic hydroxyl groups excluding tert-OH is 1. The Balaban J connectivity index is 1.70. The van der Waals surface area contributed by atoms with Crippen molar-refractivity contribution < 1.29 is 43.3 Å². The maximum atomic E-state index is 13.1. The molecule has 0 aliphatic carbocycles. The molecule has 2 aromatic rings. The number of carbonyl (C=O) groups is 2. The lowest BCUT2D eigenvalue weighted by Gasteiger charge is -2.37. The lowest BCUT2D eigenvalue weighted by molar-refractivity contribution is -0.385. The zero-order chi connectivity index (χ0) is 31.0. The second kappa shape index (κ2) is 17.8. The first-order valence-corrected chi connectivity index (χ1v) is 13.9. The van der Waals surface area contributed by atoms with E-state index in [1.807, 2.05) is 19.1 Å². The standard InChI is InChI=1S/C29H38N4O10/c1-3-42-29-23(10-14-40-16-17-41-15-13-34)24(20-4-6-21(7-5-20)28(36)39-2)18-25(43-29)27(35)31-12-11-30-26-9-8-22(19-32-26)33(37)38/h4-9,18-19,23-24,29,34H,3,10-17H2,1-2H3,(H,30,32)(H,31,35)/t23-,24+,29+/m1/s1. The number of carbonyl (C=O) groups excluding carboxylic acids is 2. The van der Waals surface area contributed by atoms with Crippen LogP contribution in [0.2, 0.25) is 0 Å². The van der Waals surface area contributed by atoms with Gasteiger partial charge in [-0.1, -0.05) is 12.1 Å². The number of hydrogen-bond acceptors (Lipinski definition) is 12. The van der Waals surface area contributed by atoms with Gasteiger partial charge in [-0.05, 0) is 43.2 Å². The van der Waals surface area contributed by atoms with Gasteiger partial charge in [-0.2, -0.15) is 0 Å². The molecule has 1 aromatic carbocycles. The van der Waals surface area contributed by atoms with Crippen LogP contribution in [0, 0.1) is 16.0 Å². The van der Waals surface area contributed by atoms with Crippen molar-refractivity contribution in [2.45, 2.75) is 25.6 Å². The molecule has 14 heteroatoms. The summed E-state index contributed by atoms with van der Waals surface area (Å²) in [6, 6.07) is 9.80. The van der Waals surface area contributed by atoms with Crippen molar-refractivity contribution in [3.63, 3.8) is 0 Å². The first-order chi connectivity index (χ1) is 20.9. The number of pyridine rings is 1. The number of rotatable bonds is 18. The highest BCUT2D eigenvalue weighted by atomic mass is 16.7. The third-order valence-corrected chi connectivity index (χ3v) is 6.53. The van der Waals surface area contributed by atoms with Crippen molar-refractivity contribution in [3.8, 4) is 0 Å². The molecule has 3 N–H and O–H groups in total. The molecule has 1 aliphatic rings. The Labute approximate surface area is 249 Å². The van der Waals surface area contributed by atoms with Crippen LogP contribution in [-0.4, -0.2) is 93.0 Å². The number of esters is 1. The zero-order valence-electron chi connectivity index (χ0n) is 24.2. The molecule has 3 rings (SSSR count). The molecule has 14 nitrogen and oxygen atoms in total. The van der Waals surface area contributed by atoms with Gasteiger partial charge in [0.05, 0.1) is 44.0 Å². The van der Waals surface area contributed by atoms with Gasteiger partial charge >= 0.3 is 5.97 Å². The number of hydrogen-bond donors (Lipinski definition) is 3. The number of anilines is 1. The van der Waals surface area contributed by atoms with Gasteiger partial charge in [-0.15, -0.1) is 0 Å². The van der Waals surface area contributed by atoms with E-state index in [0.29, 0.717) is 50.8 Å². The van der Waals surface area contributed by atoms with E-state index >= 15 is 0 Å². The first kappa shape index (κ1) is 33.4. The first-order valence-electron chi connectivity index (χ1n) is 13.9. The van der Waals surface area contributed by atoms with Crippen LogP contribution in [0.3, 0.4) is 0 Å². The fourth-order valence-electron chi connectivity index (χ4n) is 4.44. The molecule has 234 valence electrons. The number of amides is 1. The number of benzene rings is 1. The van der Waals surface area contributed by atoms with Crippen LogP contribution in [-0.2, 0) is 28.5 Å². The molecule has 1 aromatic heterocycles. The zero-order valence-corrected chi connectivity index (χ0v) is 24.2. The molecular weight excluding hydrogens is 564 g/mol. The number of nitro groups is 1. The molecule has 3 atom stereocenters. The number of ether oxygens (including phenoxy) is 5. The molecule has 0 saturated heterocycles. The summed E-state index contributed by atoms with van der Waals surface area (Å²) in [5.41, 5.74) is 1.14. The summed E-state index contributed by atoms with van der Waals surface area (Å²) in [4.78, 5) is 39.4. The van der Waals surface area contributed by atoms with Gasteiger partial charge in [0, 0.05) is 44.2 Å². The highest BCUT2D eigenvalue weighted by Gasteiger charge is 2.38. The Morgan fingerprint density at radius 3 is 2.44 bits per heavy atom. The van der Waals surface area contributed by atoms with E-state index < -0.39 is 23.1 Å². The van der Waals surface area contributed by atoms with Gasteiger partial charge in [0.2, 0.25) is 6.29 Å². The van der Waals surface area contributed by atoms with Gasteiger partial charge < -0.3 is 39.4 Å². The van der Waals surface area contributed by atoms with Gasteiger partial charge in [-0.25, -0.2) is 9.78 Å². The predicted molar refractivity (Wildman–Crippen MR) is 154 cm³/mol. The summed E-state index contributed by atoms with van der Waals surface area (Å²) in [7, 11) is 1.32. The van der Waals surface area contributed by atoms with Gasteiger partial charge in [0.25, 0.3) is 11.6 Å². The van der Waals surface area contributed by atoms with Gasteiger partial charge in [0.1, 0.15) is 12.0 Å². The molecule has 1 aliphatic heterocycles. The molecule has 0 spiro atoms. The van der Waals surface area contributed by atoms with E-state index in [-0.39, 0.29) is 43.0 Å². The fourth-order valence-corrected chi connectivity index (χ4v) is 4.44. The summed E-state index contributed by atoms with van der Waals surface area (Å²) in [5.74, 6) is -0.862. The Morgan fingerprint density at radius 2 is 1.81 bits per heavy atom. The van der Waals surface area contributed by atoms with Crippen molar-refractivity contribution >= 4 is 23.4 Å². The lowest BCUT2D eigenvalue weighted by Crippen LogP contribution is -2.40. The molecule has 0 fully saturated rings. The summed E-state index contributed by atoms with van der Waals surface area (Å²) < 4.78 is 27.7. The summed E-state index contributed by atoms with van der Waals surface area (Å²) in [6.45, 7) is 4.03. The molecule has 43 heavy (non-hydrogen) atoms. The molecule has 2 heterocycles. The second-order valence-corrected chi connectivity index (χ2v) is 9.35. The maximum absolute atomic E-state index is 13.1. The number of aliphatic hydroxyl groups is 1. The van der Waals surface area contributed by atoms with E-state index in [4.69, 9.17) is 28.8 Å². The summed E-state index contributed by atoms with van der Waals surface area (Å²) in [6.07, 6.45) is 2.71. The fraction of sp³-hybridized carbons (Fsp3) is 0.483. The number of nitrogens with zero attached hydrogens (tertiary/aromatic N) is 2. The number of methoxy groups -OCH3 is 1. The van der Waals surface area contributed by atoms with E-state index in [2.05, 4.69) is 15.6 Å². The highest BCUT2D eigenvalue weighted by molar-refractivity contribution is 5.92. The Bertz CT molecular complexity index is 1210. The van der Waals surface area contributed by atoms with Crippen LogP contribution < -0.4 is 10.6 Å². The largest absolute Gasteiger partial charge is 0.465 e. The van der Waals surface area contributed by atoms with E-state index in [9.17, 15) is 19.7 Å². The van der Waals surface area contributed by atoms with Crippen LogP contribution in [0.5, 0.6) is 0 Å². The third kappa shape index (κ3) is 10.3. The number of allylic oxidation sites excluding steroid dienone is 1. The quantitative estimate of drug-likeness (QED) is 0.0983. The molecule has 0 bridgehead atoms. The van der Waals surface area contributed by atoms with Crippen LogP contribution in [0.15, 0.2) is 54.4 Å². The predicted octanol–water partition coefficient (Wildman–Crippen LogP) is 2.40. The number of aromatic nitrogens is 1. The van der Waals surface area contributed by atoms with E-state index in [0.717, 1.165) is 11.8 Å². The summed E-state index contributed by atoms with van der Waals surface area (Å²) in [5, 5.41) is 25.4. The number of nitrogens with one attached hydrogen (secondary N) is 2. The Hall–Kier alpha value is -4.11. The monoisotopic (exact) mass is 602 g/mol. The molecule has 0 unspecified atom stereocenters. The van der Waals surface area contributed by atoms with Crippen LogP contribution >= 0.6 is 0 Å². The Kier molecular flexibility index (Phi) is 13.8. The van der Waals surface area contributed by atoms with Crippen LogP contribution in [0.4, 0.5) is 11.5 Å². The lowest BCUT2D eigenvalue weighted by atomic mass is 9.81. The van der Waals surface area contributed by atoms with Gasteiger partial charge in [0.15, 0.2) is 5.76 Å².